The Labute approximate surface area is 174 Å². The van der Waals surface area contributed by atoms with Crippen LogP contribution < -0.4 is 14.8 Å². The molecule has 1 aliphatic carbocycles. The molecule has 2 unspecified atom stereocenters. The van der Waals surface area contributed by atoms with Crippen LogP contribution in [0.3, 0.4) is 0 Å². The molecule has 2 atom stereocenters. The summed E-state index contributed by atoms with van der Waals surface area (Å²) in [7, 11) is 0. The van der Waals surface area contributed by atoms with E-state index in [0.717, 1.165) is 30.3 Å². The minimum Gasteiger partial charge on any atom is -0.491 e. The number of ether oxygens (including phenoxy) is 3. The van der Waals surface area contributed by atoms with Gasteiger partial charge in [0.25, 0.3) is 5.91 Å². The number of carbonyl (C=O) groups is 1. The van der Waals surface area contributed by atoms with Crippen molar-refractivity contribution in [2.45, 2.75) is 44.4 Å². The summed E-state index contributed by atoms with van der Waals surface area (Å²) in [5.41, 5.74) is 1.84. The molecule has 8 heteroatoms. The maximum Gasteiger partial charge on any atom is 0.272 e. The second-order valence-corrected chi connectivity index (χ2v) is 8.22. The SMILES string of the molecule is N#Cc1ccc2c(c1)CC(NC(=O)c1cc3n(n1)CC(CCOCC1CC1)O3)CO2. The van der Waals surface area contributed by atoms with Gasteiger partial charge in [-0.3, -0.25) is 4.79 Å². The van der Waals surface area contributed by atoms with Crippen molar-refractivity contribution in [3.8, 4) is 17.7 Å². The second-order valence-electron chi connectivity index (χ2n) is 8.22. The molecule has 3 heterocycles. The van der Waals surface area contributed by atoms with Gasteiger partial charge in [-0.1, -0.05) is 0 Å². The van der Waals surface area contributed by atoms with Crippen LogP contribution in [0.5, 0.6) is 11.6 Å². The minimum atomic E-state index is -0.252. The van der Waals surface area contributed by atoms with Gasteiger partial charge in [-0.25, -0.2) is 4.68 Å². The van der Waals surface area contributed by atoms with E-state index in [1.807, 2.05) is 0 Å². The first-order valence-electron chi connectivity index (χ1n) is 10.5. The zero-order chi connectivity index (χ0) is 20.5. The molecule has 0 bridgehead atoms. The highest BCUT2D eigenvalue weighted by atomic mass is 16.5. The highest BCUT2D eigenvalue weighted by molar-refractivity contribution is 5.92. The largest absolute Gasteiger partial charge is 0.491 e. The summed E-state index contributed by atoms with van der Waals surface area (Å²) in [4.78, 5) is 12.6. The third-order valence-electron chi connectivity index (χ3n) is 5.71. The van der Waals surface area contributed by atoms with Crippen LogP contribution in [0, 0.1) is 17.2 Å². The van der Waals surface area contributed by atoms with Crippen LogP contribution in [-0.4, -0.2) is 47.7 Å². The smallest absolute Gasteiger partial charge is 0.272 e. The molecule has 1 aromatic carbocycles. The van der Waals surface area contributed by atoms with Crippen molar-refractivity contribution in [2.75, 3.05) is 19.8 Å². The number of carbonyl (C=O) groups excluding carboxylic acids is 1. The molecule has 1 N–H and O–H groups in total. The monoisotopic (exact) mass is 408 g/mol. The summed E-state index contributed by atoms with van der Waals surface area (Å²) in [6, 6.07) is 8.98. The Bertz CT molecular complexity index is 968. The van der Waals surface area contributed by atoms with Crippen LogP contribution in [0.25, 0.3) is 0 Å². The number of hydrogen-bond donors (Lipinski definition) is 1. The van der Waals surface area contributed by atoms with E-state index in [9.17, 15) is 4.79 Å². The standard InChI is InChI=1S/C22H24N4O4/c23-10-15-3-4-20-16(7-15)8-17(13-29-20)24-22(27)19-9-21-26(25-19)11-18(30-21)5-6-28-12-14-1-2-14/h3-4,7,9,14,17-18H,1-2,5-6,8,11-13H2,(H,24,27). The molecular weight excluding hydrogens is 384 g/mol. The Morgan fingerprint density at radius 3 is 3.07 bits per heavy atom. The van der Waals surface area contributed by atoms with Gasteiger partial charge >= 0.3 is 0 Å². The van der Waals surface area contributed by atoms with E-state index in [4.69, 9.17) is 19.5 Å². The maximum absolute atomic E-state index is 12.6. The predicted octanol–water partition coefficient (Wildman–Crippen LogP) is 2.07. The van der Waals surface area contributed by atoms with Gasteiger partial charge in [-0.2, -0.15) is 10.4 Å². The average molecular weight is 408 g/mol. The molecule has 30 heavy (non-hydrogen) atoms. The molecule has 5 rings (SSSR count). The van der Waals surface area contributed by atoms with Crippen molar-refractivity contribution in [2.24, 2.45) is 5.92 Å². The number of nitrogens with zero attached hydrogens (tertiary/aromatic N) is 3. The molecule has 3 aliphatic rings. The fourth-order valence-electron chi connectivity index (χ4n) is 3.85. The lowest BCUT2D eigenvalue weighted by molar-refractivity contribution is 0.0893. The van der Waals surface area contributed by atoms with E-state index in [-0.39, 0.29) is 18.1 Å². The third kappa shape index (κ3) is 4.12. The molecule has 0 spiro atoms. The van der Waals surface area contributed by atoms with Crippen LogP contribution in [0.1, 0.15) is 40.9 Å². The van der Waals surface area contributed by atoms with E-state index in [1.165, 1.54) is 12.8 Å². The molecule has 0 saturated heterocycles. The van der Waals surface area contributed by atoms with Gasteiger partial charge in [-0.05, 0) is 48.9 Å². The fourth-order valence-corrected chi connectivity index (χ4v) is 3.85. The highest BCUT2D eigenvalue weighted by Crippen LogP contribution is 2.29. The molecule has 1 amide bonds. The zero-order valence-corrected chi connectivity index (χ0v) is 16.7. The van der Waals surface area contributed by atoms with Crippen molar-refractivity contribution in [3.05, 3.63) is 41.1 Å². The van der Waals surface area contributed by atoms with Crippen LogP contribution in [-0.2, 0) is 17.7 Å². The number of amides is 1. The summed E-state index contributed by atoms with van der Waals surface area (Å²) in [5.74, 6) is 1.90. The summed E-state index contributed by atoms with van der Waals surface area (Å²) >= 11 is 0. The van der Waals surface area contributed by atoms with Crippen LogP contribution in [0.2, 0.25) is 0 Å². The van der Waals surface area contributed by atoms with Gasteiger partial charge in [0.15, 0.2) is 5.69 Å². The number of rotatable bonds is 7. The van der Waals surface area contributed by atoms with Crippen LogP contribution in [0.15, 0.2) is 24.3 Å². The van der Waals surface area contributed by atoms with E-state index >= 15 is 0 Å². The normalized spacial score (nSPS) is 21.7. The summed E-state index contributed by atoms with van der Waals surface area (Å²) in [5, 5.41) is 16.4. The van der Waals surface area contributed by atoms with Crippen molar-refractivity contribution >= 4 is 5.91 Å². The predicted molar refractivity (Wildman–Crippen MR) is 106 cm³/mol. The summed E-state index contributed by atoms with van der Waals surface area (Å²) < 4.78 is 19.1. The van der Waals surface area contributed by atoms with Gasteiger partial charge in [0.1, 0.15) is 18.5 Å². The van der Waals surface area contributed by atoms with E-state index in [1.54, 1.807) is 28.9 Å². The molecule has 1 aromatic heterocycles. The Morgan fingerprint density at radius 1 is 1.37 bits per heavy atom. The van der Waals surface area contributed by atoms with Crippen molar-refractivity contribution in [1.82, 2.24) is 15.1 Å². The lowest BCUT2D eigenvalue weighted by Gasteiger charge is -2.26. The van der Waals surface area contributed by atoms with E-state index < -0.39 is 0 Å². The third-order valence-corrected chi connectivity index (χ3v) is 5.71. The Hall–Kier alpha value is -3.05. The zero-order valence-electron chi connectivity index (χ0n) is 16.7. The minimum absolute atomic E-state index is 0.0430. The van der Waals surface area contributed by atoms with Crippen molar-refractivity contribution in [1.29, 1.82) is 5.26 Å². The molecular formula is C22H24N4O4. The molecule has 2 aliphatic heterocycles. The number of aromatic nitrogens is 2. The Balaban J connectivity index is 1.13. The number of hydrogen-bond acceptors (Lipinski definition) is 6. The summed E-state index contributed by atoms with van der Waals surface area (Å²) in [6.07, 6.45) is 4.06. The van der Waals surface area contributed by atoms with E-state index in [2.05, 4.69) is 16.5 Å². The first kappa shape index (κ1) is 18.9. The Kier molecular flexibility index (Phi) is 5.05. The Morgan fingerprint density at radius 2 is 2.27 bits per heavy atom. The van der Waals surface area contributed by atoms with E-state index in [0.29, 0.717) is 43.3 Å². The number of nitrogens with one attached hydrogen (secondary N) is 1. The van der Waals surface area contributed by atoms with Crippen LogP contribution in [0.4, 0.5) is 0 Å². The topological polar surface area (TPSA) is 98.4 Å². The highest BCUT2D eigenvalue weighted by Gasteiger charge is 2.29. The van der Waals surface area contributed by atoms with Gasteiger partial charge in [0, 0.05) is 19.1 Å². The maximum atomic E-state index is 12.6. The molecule has 2 aromatic rings. The number of benzene rings is 1. The van der Waals surface area contributed by atoms with Gasteiger partial charge < -0.3 is 19.5 Å². The average Bonchev–Trinajstić information content (AvgIpc) is 3.37. The summed E-state index contributed by atoms with van der Waals surface area (Å²) in [6.45, 7) is 2.56. The van der Waals surface area contributed by atoms with Gasteiger partial charge in [0.05, 0.1) is 30.8 Å². The lowest BCUT2D eigenvalue weighted by Crippen LogP contribution is -2.43. The fraction of sp³-hybridized carbons (Fsp3) is 0.500. The quantitative estimate of drug-likeness (QED) is 0.705. The molecule has 0 radical (unpaired) electrons. The number of fused-ring (bicyclic) bond motifs is 2. The second kappa shape index (κ2) is 8.00. The molecule has 156 valence electrons. The van der Waals surface area contributed by atoms with Crippen molar-refractivity contribution in [3.63, 3.8) is 0 Å². The van der Waals surface area contributed by atoms with Gasteiger partial charge in [-0.15, -0.1) is 0 Å². The van der Waals surface area contributed by atoms with Gasteiger partial charge in [0.2, 0.25) is 5.88 Å². The first-order valence-corrected chi connectivity index (χ1v) is 10.5. The van der Waals surface area contributed by atoms with Crippen molar-refractivity contribution < 1.29 is 19.0 Å². The van der Waals surface area contributed by atoms with Crippen LogP contribution >= 0.6 is 0 Å². The number of nitriles is 1. The molecule has 8 nitrogen and oxygen atoms in total. The first-order chi connectivity index (χ1) is 14.7. The lowest BCUT2D eigenvalue weighted by atomic mass is 10.0. The molecule has 1 fully saturated rings. The molecule has 1 saturated carbocycles.